The van der Waals surface area contributed by atoms with E-state index in [0.717, 1.165) is 0 Å². The first kappa shape index (κ1) is 12.8. The molecule has 7 nitrogen and oxygen atoms in total. The quantitative estimate of drug-likeness (QED) is 0.860. The predicted octanol–water partition coefficient (Wildman–Crippen LogP) is 1.54. The van der Waals surface area contributed by atoms with Crippen molar-refractivity contribution < 1.29 is 12.9 Å². The number of nitrogens with zero attached hydrogens (tertiary/aromatic N) is 3. The van der Waals surface area contributed by atoms with Crippen molar-refractivity contribution >= 4 is 27.4 Å². The van der Waals surface area contributed by atoms with Crippen LogP contribution in [0, 0.1) is 13.8 Å². The molecule has 0 aliphatic heterocycles. The van der Waals surface area contributed by atoms with Crippen molar-refractivity contribution in [3.8, 4) is 0 Å². The maximum absolute atomic E-state index is 12.1. The normalized spacial score (nSPS) is 11.5. The van der Waals surface area contributed by atoms with Crippen molar-refractivity contribution in [3.63, 3.8) is 0 Å². The molecule has 2 heterocycles. The van der Waals surface area contributed by atoms with E-state index in [1.54, 1.807) is 0 Å². The minimum Gasteiger partial charge on any atom is -0.360 e. The van der Waals surface area contributed by atoms with Crippen molar-refractivity contribution in [1.82, 2.24) is 15.1 Å². The summed E-state index contributed by atoms with van der Waals surface area (Å²) < 4.78 is 31.3. The average molecular weight is 289 g/mol. The van der Waals surface area contributed by atoms with Crippen LogP contribution >= 0.6 is 11.6 Å². The van der Waals surface area contributed by atoms with Crippen molar-refractivity contribution in [2.45, 2.75) is 18.7 Å². The largest absolute Gasteiger partial charge is 0.360 e. The fraction of sp³-hybridized carbons (Fsp3) is 0.222. The molecule has 0 saturated heterocycles. The second kappa shape index (κ2) is 4.54. The van der Waals surface area contributed by atoms with Gasteiger partial charge in [-0.3, -0.25) is 4.72 Å². The molecule has 0 fully saturated rings. The summed E-state index contributed by atoms with van der Waals surface area (Å²) in [6.45, 7) is 3.06. The highest BCUT2D eigenvalue weighted by molar-refractivity contribution is 7.92. The van der Waals surface area contributed by atoms with Crippen LogP contribution in [0.15, 0.2) is 21.7 Å². The summed E-state index contributed by atoms with van der Waals surface area (Å²) in [6, 6.07) is 1.39. The molecule has 0 aromatic carbocycles. The minimum absolute atomic E-state index is 0.00256. The van der Waals surface area contributed by atoms with E-state index < -0.39 is 10.0 Å². The number of aromatic nitrogens is 3. The van der Waals surface area contributed by atoms with E-state index in [1.165, 1.54) is 26.1 Å². The highest BCUT2D eigenvalue weighted by Gasteiger charge is 2.24. The van der Waals surface area contributed by atoms with Gasteiger partial charge in [-0.15, -0.1) is 0 Å². The second-order valence-electron chi connectivity index (χ2n) is 3.47. The van der Waals surface area contributed by atoms with Gasteiger partial charge in [0.2, 0.25) is 5.28 Å². The first-order valence-electron chi connectivity index (χ1n) is 4.84. The molecule has 18 heavy (non-hydrogen) atoms. The molecule has 9 heteroatoms. The Morgan fingerprint density at radius 2 is 2.11 bits per heavy atom. The van der Waals surface area contributed by atoms with E-state index in [1.807, 2.05) is 0 Å². The Morgan fingerprint density at radius 1 is 1.39 bits per heavy atom. The molecular weight excluding hydrogens is 280 g/mol. The molecule has 96 valence electrons. The van der Waals surface area contributed by atoms with Gasteiger partial charge in [0.1, 0.15) is 11.5 Å². The van der Waals surface area contributed by atoms with Crippen LogP contribution in [0.3, 0.4) is 0 Å². The molecule has 2 aromatic heterocycles. The van der Waals surface area contributed by atoms with Crippen LogP contribution in [0.5, 0.6) is 0 Å². The van der Waals surface area contributed by atoms with Crippen LogP contribution in [0.4, 0.5) is 5.82 Å². The number of anilines is 1. The van der Waals surface area contributed by atoms with Crippen molar-refractivity contribution in [3.05, 3.63) is 29.0 Å². The van der Waals surface area contributed by atoms with Gasteiger partial charge in [-0.2, -0.15) is 4.98 Å². The number of hydrogen-bond donors (Lipinski definition) is 1. The molecule has 0 aliphatic rings. The lowest BCUT2D eigenvalue weighted by Gasteiger charge is -2.06. The summed E-state index contributed by atoms with van der Waals surface area (Å²) in [7, 11) is -3.80. The molecule has 0 bridgehead atoms. The van der Waals surface area contributed by atoms with Crippen LogP contribution in [0.25, 0.3) is 0 Å². The summed E-state index contributed by atoms with van der Waals surface area (Å²) in [6.07, 6.45) is 1.35. The van der Waals surface area contributed by atoms with Crippen LogP contribution < -0.4 is 4.72 Å². The standard InChI is InChI=1S/C9H9ClN4O3S/c1-5-8(6(2)17-13-5)18(15,16)14-7-3-4-11-9(10)12-7/h3-4H,1-2H3,(H,11,12,14). The first-order valence-corrected chi connectivity index (χ1v) is 6.70. The zero-order valence-corrected chi connectivity index (χ0v) is 11.1. The molecule has 0 atom stereocenters. The van der Waals surface area contributed by atoms with Gasteiger partial charge in [0, 0.05) is 6.20 Å². The first-order chi connectivity index (χ1) is 8.40. The number of nitrogens with one attached hydrogen (secondary N) is 1. The van der Waals surface area contributed by atoms with Gasteiger partial charge in [0.25, 0.3) is 10.0 Å². The van der Waals surface area contributed by atoms with Gasteiger partial charge >= 0.3 is 0 Å². The topological polar surface area (TPSA) is 98.0 Å². The maximum Gasteiger partial charge on any atom is 0.268 e. The Morgan fingerprint density at radius 3 is 2.67 bits per heavy atom. The van der Waals surface area contributed by atoms with Gasteiger partial charge in [0.15, 0.2) is 10.7 Å². The van der Waals surface area contributed by atoms with Gasteiger partial charge < -0.3 is 4.52 Å². The van der Waals surface area contributed by atoms with Crippen molar-refractivity contribution in [2.75, 3.05) is 4.72 Å². The summed E-state index contributed by atoms with van der Waals surface area (Å²) in [4.78, 5) is 7.39. The zero-order chi connectivity index (χ0) is 13.3. The summed E-state index contributed by atoms with van der Waals surface area (Å²) in [5.41, 5.74) is 0.278. The molecule has 0 amide bonds. The Balaban J connectivity index is 2.39. The number of hydrogen-bond acceptors (Lipinski definition) is 6. The van der Waals surface area contributed by atoms with E-state index in [-0.39, 0.29) is 27.5 Å². The third-order valence-electron chi connectivity index (χ3n) is 2.10. The monoisotopic (exact) mass is 288 g/mol. The molecule has 2 aromatic rings. The van der Waals surface area contributed by atoms with E-state index in [0.29, 0.717) is 0 Å². The summed E-state index contributed by atoms with van der Waals surface area (Å²) in [5.74, 6) is 0.287. The minimum atomic E-state index is -3.80. The van der Waals surface area contributed by atoms with E-state index in [4.69, 9.17) is 16.1 Å². The van der Waals surface area contributed by atoms with Gasteiger partial charge in [-0.25, -0.2) is 13.4 Å². The number of sulfonamides is 1. The van der Waals surface area contributed by atoms with Gasteiger partial charge in [0.05, 0.1) is 0 Å². The SMILES string of the molecule is Cc1noc(C)c1S(=O)(=O)Nc1ccnc(Cl)n1. The molecule has 1 N–H and O–H groups in total. The zero-order valence-electron chi connectivity index (χ0n) is 9.51. The Hall–Kier alpha value is -1.67. The predicted molar refractivity (Wildman–Crippen MR) is 63.8 cm³/mol. The number of rotatable bonds is 3. The summed E-state index contributed by atoms with van der Waals surface area (Å²) in [5, 5.41) is 3.54. The fourth-order valence-electron chi connectivity index (χ4n) is 1.44. The Bertz CT molecular complexity index is 663. The molecule has 2 rings (SSSR count). The summed E-state index contributed by atoms with van der Waals surface area (Å²) >= 11 is 5.57. The van der Waals surface area contributed by atoms with Crippen molar-refractivity contribution in [1.29, 1.82) is 0 Å². The van der Waals surface area contributed by atoms with Gasteiger partial charge in [-0.05, 0) is 31.5 Å². The average Bonchev–Trinajstić information content (AvgIpc) is 2.58. The molecule has 0 spiro atoms. The molecular formula is C9H9ClN4O3S. The lowest BCUT2D eigenvalue weighted by atomic mass is 10.4. The lowest BCUT2D eigenvalue weighted by Crippen LogP contribution is -2.15. The van der Waals surface area contributed by atoms with Crippen molar-refractivity contribution in [2.24, 2.45) is 0 Å². The Labute approximate surface area is 108 Å². The van der Waals surface area contributed by atoms with E-state index in [9.17, 15) is 8.42 Å². The number of aryl methyl sites for hydroxylation is 2. The maximum atomic E-state index is 12.1. The lowest BCUT2D eigenvalue weighted by molar-refractivity contribution is 0.390. The van der Waals surface area contributed by atoms with E-state index in [2.05, 4.69) is 19.8 Å². The molecule has 0 unspecified atom stereocenters. The van der Waals surface area contributed by atoms with Crippen LogP contribution in [-0.2, 0) is 10.0 Å². The molecule has 0 saturated carbocycles. The van der Waals surface area contributed by atoms with Crippen LogP contribution in [-0.4, -0.2) is 23.5 Å². The highest BCUT2D eigenvalue weighted by Crippen LogP contribution is 2.21. The van der Waals surface area contributed by atoms with Crippen LogP contribution in [0.1, 0.15) is 11.5 Å². The fourth-order valence-corrected chi connectivity index (χ4v) is 2.92. The van der Waals surface area contributed by atoms with Crippen LogP contribution in [0.2, 0.25) is 5.28 Å². The third-order valence-corrected chi connectivity index (χ3v) is 3.88. The molecule has 0 aliphatic carbocycles. The number of halogens is 1. The Kier molecular flexibility index (Phi) is 3.22. The second-order valence-corrected chi connectivity index (χ2v) is 5.43. The third kappa shape index (κ3) is 2.44. The van der Waals surface area contributed by atoms with E-state index >= 15 is 0 Å². The van der Waals surface area contributed by atoms with Gasteiger partial charge in [-0.1, -0.05) is 5.16 Å². The smallest absolute Gasteiger partial charge is 0.268 e. The molecule has 0 radical (unpaired) electrons. The highest BCUT2D eigenvalue weighted by atomic mass is 35.5.